The van der Waals surface area contributed by atoms with Crippen LogP contribution in [0.5, 0.6) is 0 Å². The molecule has 0 aromatic carbocycles. The zero-order valence-electron chi connectivity index (χ0n) is 10.2. The fraction of sp³-hybridized carbons (Fsp3) is 1.00. The highest BCUT2D eigenvalue weighted by molar-refractivity contribution is 7.89. The number of hydrogen-bond donors (Lipinski definition) is 1. The van der Waals surface area contributed by atoms with Gasteiger partial charge in [-0.05, 0) is 12.3 Å². The molecule has 0 aliphatic heterocycles. The zero-order chi connectivity index (χ0) is 12.1. The molecule has 92 valence electrons. The molecule has 0 aromatic heterocycles. The normalized spacial score (nSPS) is 14.9. The van der Waals surface area contributed by atoms with E-state index in [0.29, 0.717) is 13.1 Å². The van der Waals surface area contributed by atoms with Gasteiger partial charge in [-0.3, -0.25) is 0 Å². The fourth-order valence-corrected chi connectivity index (χ4v) is 3.22. The molecule has 5 heteroatoms. The Bertz CT molecular complexity index is 263. The molecule has 0 aliphatic carbocycles. The van der Waals surface area contributed by atoms with Crippen LogP contribution in [0.2, 0.25) is 0 Å². The second-order valence-corrected chi connectivity index (χ2v) is 6.19. The van der Waals surface area contributed by atoms with Gasteiger partial charge in [-0.15, -0.1) is 0 Å². The molecule has 0 saturated carbocycles. The van der Waals surface area contributed by atoms with Gasteiger partial charge in [-0.2, -0.15) is 0 Å². The Labute approximate surface area is 93.9 Å². The SMILES string of the molecule is CCCN(CC)S(=O)(=O)CC(N)C(C)C. The summed E-state index contributed by atoms with van der Waals surface area (Å²) in [5.41, 5.74) is 5.79. The molecule has 0 saturated heterocycles. The first-order chi connectivity index (χ1) is 6.85. The maximum Gasteiger partial charge on any atom is 0.215 e. The smallest absolute Gasteiger partial charge is 0.215 e. The van der Waals surface area contributed by atoms with Crippen molar-refractivity contribution in [3.8, 4) is 0 Å². The van der Waals surface area contributed by atoms with E-state index in [9.17, 15) is 8.42 Å². The molecule has 1 unspecified atom stereocenters. The number of sulfonamides is 1. The summed E-state index contributed by atoms with van der Waals surface area (Å²) in [6, 6.07) is -0.277. The number of hydrogen-bond acceptors (Lipinski definition) is 3. The highest BCUT2D eigenvalue weighted by Gasteiger charge is 2.23. The summed E-state index contributed by atoms with van der Waals surface area (Å²) >= 11 is 0. The van der Waals surface area contributed by atoms with Gasteiger partial charge in [0.05, 0.1) is 5.75 Å². The van der Waals surface area contributed by atoms with E-state index in [4.69, 9.17) is 5.73 Å². The molecule has 1 atom stereocenters. The van der Waals surface area contributed by atoms with Crippen LogP contribution < -0.4 is 5.73 Å². The summed E-state index contributed by atoms with van der Waals surface area (Å²) in [4.78, 5) is 0. The highest BCUT2D eigenvalue weighted by atomic mass is 32.2. The second kappa shape index (κ2) is 6.45. The minimum atomic E-state index is -3.17. The van der Waals surface area contributed by atoms with E-state index >= 15 is 0 Å². The maximum absolute atomic E-state index is 11.9. The molecule has 0 fully saturated rings. The Balaban J connectivity index is 4.51. The third-order valence-corrected chi connectivity index (χ3v) is 4.51. The molecule has 0 amide bonds. The van der Waals surface area contributed by atoms with Crippen LogP contribution in [0.25, 0.3) is 0 Å². The average molecular weight is 236 g/mol. The predicted octanol–water partition coefficient (Wildman–Crippen LogP) is 1.03. The summed E-state index contributed by atoms with van der Waals surface area (Å²) in [6.45, 7) is 8.83. The van der Waals surface area contributed by atoms with Crippen LogP contribution in [0.1, 0.15) is 34.1 Å². The zero-order valence-corrected chi connectivity index (χ0v) is 11.0. The molecule has 15 heavy (non-hydrogen) atoms. The summed E-state index contributed by atoms with van der Waals surface area (Å²) in [5, 5.41) is 0. The molecule has 4 nitrogen and oxygen atoms in total. The molecule has 0 rings (SSSR count). The Morgan fingerprint density at radius 3 is 2.13 bits per heavy atom. The summed E-state index contributed by atoms with van der Waals surface area (Å²) in [6.07, 6.45) is 0.837. The molecular weight excluding hydrogens is 212 g/mol. The first kappa shape index (κ1) is 14.9. The van der Waals surface area contributed by atoms with Crippen molar-refractivity contribution in [2.75, 3.05) is 18.8 Å². The lowest BCUT2D eigenvalue weighted by Gasteiger charge is -2.23. The average Bonchev–Trinajstić information content (AvgIpc) is 2.12. The van der Waals surface area contributed by atoms with Crippen LogP contribution >= 0.6 is 0 Å². The van der Waals surface area contributed by atoms with E-state index in [1.807, 2.05) is 27.7 Å². The van der Waals surface area contributed by atoms with Crippen LogP contribution in [-0.2, 0) is 10.0 Å². The van der Waals surface area contributed by atoms with Crippen molar-refractivity contribution in [1.29, 1.82) is 0 Å². The van der Waals surface area contributed by atoms with Gasteiger partial charge in [-0.25, -0.2) is 12.7 Å². The van der Waals surface area contributed by atoms with Crippen LogP contribution in [0.3, 0.4) is 0 Å². The van der Waals surface area contributed by atoms with Crippen molar-refractivity contribution in [1.82, 2.24) is 4.31 Å². The molecule has 0 heterocycles. The first-order valence-corrected chi connectivity index (χ1v) is 7.19. The van der Waals surface area contributed by atoms with E-state index in [1.165, 1.54) is 4.31 Å². The lowest BCUT2D eigenvalue weighted by atomic mass is 10.1. The van der Waals surface area contributed by atoms with Crippen molar-refractivity contribution in [3.63, 3.8) is 0 Å². The number of nitrogens with zero attached hydrogens (tertiary/aromatic N) is 1. The molecular formula is C10H24N2O2S. The third-order valence-electron chi connectivity index (χ3n) is 2.48. The van der Waals surface area contributed by atoms with Gasteiger partial charge in [0.2, 0.25) is 10.0 Å². The highest BCUT2D eigenvalue weighted by Crippen LogP contribution is 2.08. The topological polar surface area (TPSA) is 63.4 Å². The van der Waals surface area contributed by atoms with Gasteiger partial charge in [0.1, 0.15) is 0 Å². The van der Waals surface area contributed by atoms with E-state index < -0.39 is 10.0 Å². The maximum atomic E-state index is 11.9. The van der Waals surface area contributed by atoms with E-state index in [-0.39, 0.29) is 17.7 Å². The molecule has 0 aromatic rings. The third kappa shape index (κ3) is 4.95. The standard InChI is InChI=1S/C10H24N2O2S/c1-5-7-12(6-2)15(13,14)8-10(11)9(3)4/h9-10H,5-8,11H2,1-4H3. The van der Waals surface area contributed by atoms with Crippen LogP contribution in [0.4, 0.5) is 0 Å². The van der Waals surface area contributed by atoms with Gasteiger partial charge in [-0.1, -0.05) is 27.7 Å². The number of rotatable bonds is 7. The minimum absolute atomic E-state index is 0.0541. The minimum Gasteiger partial charge on any atom is -0.326 e. The molecule has 0 bridgehead atoms. The Hall–Kier alpha value is -0.130. The fourth-order valence-electron chi connectivity index (χ4n) is 1.28. The van der Waals surface area contributed by atoms with E-state index in [1.54, 1.807) is 0 Å². The van der Waals surface area contributed by atoms with E-state index in [2.05, 4.69) is 0 Å². The molecule has 0 spiro atoms. The van der Waals surface area contributed by atoms with Gasteiger partial charge >= 0.3 is 0 Å². The van der Waals surface area contributed by atoms with Crippen molar-refractivity contribution >= 4 is 10.0 Å². The molecule has 0 radical (unpaired) electrons. The van der Waals surface area contributed by atoms with Crippen LogP contribution in [-0.4, -0.2) is 37.6 Å². The largest absolute Gasteiger partial charge is 0.326 e. The predicted molar refractivity (Wildman–Crippen MR) is 64.1 cm³/mol. The van der Waals surface area contributed by atoms with Crippen molar-refractivity contribution < 1.29 is 8.42 Å². The quantitative estimate of drug-likeness (QED) is 0.718. The van der Waals surface area contributed by atoms with Crippen LogP contribution in [0.15, 0.2) is 0 Å². The monoisotopic (exact) mass is 236 g/mol. The van der Waals surface area contributed by atoms with Crippen molar-refractivity contribution in [2.24, 2.45) is 11.7 Å². The number of nitrogens with two attached hydrogens (primary N) is 1. The summed E-state index contributed by atoms with van der Waals surface area (Å²) in [7, 11) is -3.17. The molecule has 0 aliphatic rings. The molecule has 2 N–H and O–H groups in total. The lowest BCUT2D eigenvalue weighted by Crippen LogP contribution is -2.42. The second-order valence-electron chi connectivity index (χ2n) is 4.18. The summed E-state index contributed by atoms with van der Waals surface area (Å²) < 4.78 is 25.3. The van der Waals surface area contributed by atoms with Crippen molar-refractivity contribution in [2.45, 2.75) is 40.2 Å². The summed E-state index contributed by atoms with van der Waals surface area (Å²) in [5.74, 6) is 0.249. The van der Waals surface area contributed by atoms with Gasteiger partial charge in [0.15, 0.2) is 0 Å². The Morgan fingerprint density at radius 1 is 1.27 bits per heavy atom. The van der Waals surface area contributed by atoms with Crippen molar-refractivity contribution in [3.05, 3.63) is 0 Å². The van der Waals surface area contributed by atoms with Gasteiger partial charge < -0.3 is 5.73 Å². The van der Waals surface area contributed by atoms with Gasteiger partial charge in [0, 0.05) is 19.1 Å². The lowest BCUT2D eigenvalue weighted by molar-refractivity contribution is 0.417. The Kier molecular flexibility index (Phi) is 6.40. The first-order valence-electron chi connectivity index (χ1n) is 5.58. The van der Waals surface area contributed by atoms with Gasteiger partial charge in [0.25, 0.3) is 0 Å². The Morgan fingerprint density at radius 2 is 1.80 bits per heavy atom. The van der Waals surface area contributed by atoms with E-state index in [0.717, 1.165) is 6.42 Å². The van der Waals surface area contributed by atoms with Crippen LogP contribution in [0, 0.1) is 5.92 Å².